The summed E-state index contributed by atoms with van der Waals surface area (Å²) in [5, 5.41) is 0.479. The molecular formula is C21H24ClNO5S. The van der Waals surface area contributed by atoms with Crippen molar-refractivity contribution in [3.8, 4) is 0 Å². The molecule has 0 aromatic heterocycles. The molecule has 0 saturated carbocycles. The number of benzene rings is 2. The van der Waals surface area contributed by atoms with Crippen molar-refractivity contribution >= 4 is 33.4 Å². The summed E-state index contributed by atoms with van der Waals surface area (Å²) in [6.07, 6.45) is 0.266. The van der Waals surface area contributed by atoms with Crippen molar-refractivity contribution in [3.05, 3.63) is 64.7 Å². The van der Waals surface area contributed by atoms with Crippen molar-refractivity contribution in [2.24, 2.45) is 5.92 Å². The van der Waals surface area contributed by atoms with Crippen molar-refractivity contribution in [1.29, 1.82) is 0 Å². The zero-order valence-corrected chi connectivity index (χ0v) is 18.1. The van der Waals surface area contributed by atoms with Gasteiger partial charge in [0, 0.05) is 11.4 Å². The van der Waals surface area contributed by atoms with E-state index in [0.29, 0.717) is 10.6 Å². The highest BCUT2D eigenvalue weighted by atomic mass is 35.5. The third-order valence-corrected chi connectivity index (χ3v) is 6.27. The molecule has 156 valence electrons. The Balaban J connectivity index is 2.47. The van der Waals surface area contributed by atoms with Crippen LogP contribution in [0.5, 0.6) is 0 Å². The fourth-order valence-electron chi connectivity index (χ4n) is 2.94. The lowest BCUT2D eigenvalue weighted by Crippen LogP contribution is -2.37. The second kappa shape index (κ2) is 10.0. The van der Waals surface area contributed by atoms with Crippen LogP contribution >= 0.6 is 11.6 Å². The number of esters is 1. The van der Waals surface area contributed by atoms with Crippen LogP contribution in [0.2, 0.25) is 5.02 Å². The van der Waals surface area contributed by atoms with Gasteiger partial charge in [-0.15, -0.1) is 0 Å². The van der Waals surface area contributed by atoms with Gasteiger partial charge in [0.25, 0.3) is 0 Å². The number of carbonyl (C=O) groups is 2. The molecule has 0 spiro atoms. The van der Waals surface area contributed by atoms with E-state index in [9.17, 15) is 18.0 Å². The van der Waals surface area contributed by atoms with Crippen molar-refractivity contribution in [1.82, 2.24) is 4.72 Å². The third kappa shape index (κ3) is 6.39. The molecule has 8 heteroatoms. The predicted octanol–water partition coefficient (Wildman–Crippen LogP) is 3.83. The summed E-state index contributed by atoms with van der Waals surface area (Å²) in [5.41, 5.74) is 1.47. The van der Waals surface area contributed by atoms with Gasteiger partial charge in [-0.05, 0) is 50.1 Å². The van der Waals surface area contributed by atoms with Crippen LogP contribution < -0.4 is 4.72 Å². The van der Waals surface area contributed by atoms with Gasteiger partial charge in [-0.3, -0.25) is 4.79 Å². The van der Waals surface area contributed by atoms with Crippen LogP contribution in [0.15, 0.2) is 53.4 Å². The maximum atomic E-state index is 13.0. The average molecular weight is 438 g/mol. The van der Waals surface area contributed by atoms with Crippen LogP contribution in [-0.2, 0) is 24.3 Å². The first-order valence-corrected chi connectivity index (χ1v) is 10.9. The van der Waals surface area contributed by atoms with Gasteiger partial charge in [0.1, 0.15) is 5.78 Å². The van der Waals surface area contributed by atoms with Gasteiger partial charge in [-0.25, -0.2) is 13.1 Å². The van der Waals surface area contributed by atoms with E-state index < -0.39 is 28.0 Å². The number of rotatable bonds is 9. The van der Waals surface area contributed by atoms with E-state index in [-0.39, 0.29) is 23.5 Å². The number of hydrogen-bond acceptors (Lipinski definition) is 5. The number of methoxy groups -OCH3 is 1. The van der Waals surface area contributed by atoms with Gasteiger partial charge >= 0.3 is 5.97 Å². The monoisotopic (exact) mass is 437 g/mol. The Morgan fingerprint density at radius 3 is 2.17 bits per heavy atom. The van der Waals surface area contributed by atoms with Gasteiger partial charge in [-0.2, -0.15) is 0 Å². The van der Waals surface area contributed by atoms with E-state index in [2.05, 4.69) is 4.72 Å². The maximum Gasteiger partial charge on any atom is 0.310 e. The lowest BCUT2D eigenvalue weighted by Gasteiger charge is -2.26. The fraction of sp³-hybridized carbons (Fsp3) is 0.333. The van der Waals surface area contributed by atoms with E-state index in [0.717, 1.165) is 5.56 Å². The van der Waals surface area contributed by atoms with Crippen molar-refractivity contribution in [2.75, 3.05) is 7.11 Å². The number of Topliss-reactive ketones (excluding diaryl/α,β-unsaturated/α-hetero) is 1. The summed E-state index contributed by atoms with van der Waals surface area (Å²) in [4.78, 5) is 24.1. The molecule has 6 nitrogen and oxygen atoms in total. The van der Waals surface area contributed by atoms with Gasteiger partial charge in [-0.1, -0.05) is 41.4 Å². The van der Waals surface area contributed by atoms with Crippen LogP contribution in [0.4, 0.5) is 0 Å². The molecule has 2 aromatic carbocycles. The van der Waals surface area contributed by atoms with E-state index in [1.54, 1.807) is 36.4 Å². The zero-order valence-electron chi connectivity index (χ0n) is 16.5. The number of halogens is 1. The van der Waals surface area contributed by atoms with E-state index in [4.69, 9.17) is 16.3 Å². The molecule has 0 amide bonds. The first-order valence-electron chi connectivity index (χ1n) is 9.06. The molecule has 0 saturated heterocycles. The highest BCUT2D eigenvalue weighted by molar-refractivity contribution is 7.89. The minimum Gasteiger partial charge on any atom is -0.469 e. The maximum absolute atomic E-state index is 13.0. The first kappa shape index (κ1) is 23.1. The summed E-state index contributed by atoms with van der Waals surface area (Å²) in [5.74, 6) is -1.58. The van der Waals surface area contributed by atoms with E-state index in [1.807, 2.05) is 6.92 Å². The topological polar surface area (TPSA) is 89.5 Å². The van der Waals surface area contributed by atoms with Gasteiger partial charge in [0.2, 0.25) is 10.0 Å². The van der Waals surface area contributed by atoms with E-state index in [1.165, 1.54) is 26.2 Å². The Kier molecular flexibility index (Phi) is 7.96. The Labute approximate surface area is 176 Å². The van der Waals surface area contributed by atoms with Crippen LogP contribution in [0.25, 0.3) is 0 Å². The molecule has 0 aliphatic carbocycles. The summed E-state index contributed by atoms with van der Waals surface area (Å²) in [6, 6.07) is 12.0. The largest absolute Gasteiger partial charge is 0.469 e. The average Bonchev–Trinajstić information content (AvgIpc) is 2.67. The van der Waals surface area contributed by atoms with Crippen molar-refractivity contribution < 1.29 is 22.7 Å². The molecule has 0 bridgehead atoms. The number of ether oxygens (including phenoxy) is 1. The molecule has 2 aromatic rings. The van der Waals surface area contributed by atoms with Crippen molar-refractivity contribution in [3.63, 3.8) is 0 Å². The first-order chi connectivity index (χ1) is 13.6. The Morgan fingerprint density at radius 2 is 1.66 bits per heavy atom. The smallest absolute Gasteiger partial charge is 0.310 e. The highest BCUT2D eigenvalue weighted by Crippen LogP contribution is 2.30. The minimum atomic E-state index is -3.94. The third-order valence-electron chi connectivity index (χ3n) is 4.56. The normalized spacial score (nSPS) is 13.5. The Hall–Kier alpha value is -2.22. The lowest BCUT2D eigenvalue weighted by molar-refractivity contribution is -0.146. The Morgan fingerprint density at radius 1 is 1.07 bits per heavy atom. The SMILES string of the molecule is COC(=O)[C@@H](CCC(C)=O)[C@@H](NS(=O)(=O)c1ccc(C)cc1)c1ccc(Cl)cc1. The number of ketones is 1. The molecule has 1 N–H and O–H groups in total. The second-order valence-electron chi connectivity index (χ2n) is 6.83. The fourth-order valence-corrected chi connectivity index (χ4v) is 4.33. The minimum absolute atomic E-state index is 0.0808. The Bertz CT molecular complexity index is 956. The summed E-state index contributed by atoms with van der Waals surface area (Å²) in [7, 11) is -2.70. The standard InChI is InChI=1S/C21H24ClNO5S/c1-14-4-11-18(12-5-14)29(26,27)23-20(16-7-9-17(22)10-8-16)19(21(25)28-3)13-6-15(2)24/h4-5,7-12,19-20,23H,6,13H2,1-3H3/t19-,20-/m0/s1. The molecule has 2 atom stereocenters. The number of sulfonamides is 1. The molecule has 0 fully saturated rings. The number of hydrogen-bond donors (Lipinski definition) is 1. The van der Waals surface area contributed by atoms with E-state index >= 15 is 0 Å². The zero-order chi connectivity index (χ0) is 21.6. The molecule has 0 heterocycles. The lowest BCUT2D eigenvalue weighted by atomic mass is 9.89. The summed E-state index contributed by atoms with van der Waals surface area (Å²) in [6.45, 7) is 3.28. The highest BCUT2D eigenvalue weighted by Gasteiger charge is 2.34. The second-order valence-corrected chi connectivity index (χ2v) is 8.98. The molecule has 29 heavy (non-hydrogen) atoms. The van der Waals surface area contributed by atoms with Crippen LogP contribution in [-0.4, -0.2) is 27.3 Å². The van der Waals surface area contributed by atoms with Crippen LogP contribution in [0, 0.1) is 12.8 Å². The molecule has 0 radical (unpaired) electrons. The number of carbonyl (C=O) groups excluding carboxylic acids is 2. The number of aryl methyl sites for hydroxylation is 1. The molecule has 0 aliphatic rings. The molecule has 2 rings (SSSR count). The van der Waals surface area contributed by atoms with Crippen LogP contribution in [0.1, 0.15) is 36.9 Å². The molecular weight excluding hydrogens is 414 g/mol. The van der Waals surface area contributed by atoms with Crippen LogP contribution in [0.3, 0.4) is 0 Å². The number of nitrogens with one attached hydrogen (secondary N) is 1. The predicted molar refractivity (Wildman–Crippen MR) is 111 cm³/mol. The quantitative estimate of drug-likeness (QED) is 0.602. The van der Waals surface area contributed by atoms with Gasteiger partial charge < -0.3 is 9.53 Å². The van der Waals surface area contributed by atoms with Crippen molar-refractivity contribution in [2.45, 2.75) is 37.6 Å². The van der Waals surface area contributed by atoms with Gasteiger partial charge in [0.15, 0.2) is 0 Å². The van der Waals surface area contributed by atoms with Gasteiger partial charge in [0.05, 0.1) is 24.0 Å². The summed E-state index contributed by atoms with van der Waals surface area (Å²) < 4.78 is 33.5. The molecule has 0 unspecified atom stereocenters. The molecule has 0 aliphatic heterocycles. The summed E-state index contributed by atoms with van der Waals surface area (Å²) >= 11 is 5.96.